The number of halogens is 1. The summed E-state index contributed by atoms with van der Waals surface area (Å²) in [6, 6.07) is 4.36. The Kier molecular flexibility index (Phi) is 4.66. The topological polar surface area (TPSA) is 95.5 Å². The molecule has 1 amide bonds. The maximum atomic E-state index is 11.2. The first kappa shape index (κ1) is 14.4. The Bertz CT molecular complexity index is 476. The molecular weight excluding hydrogens is 304 g/mol. The molecule has 0 aliphatic heterocycles. The smallest absolute Gasteiger partial charge is 0.287 e. The number of carbonyl (C=O) groups is 1. The van der Waals surface area contributed by atoms with Crippen molar-refractivity contribution in [3.63, 3.8) is 0 Å². The van der Waals surface area contributed by atoms with E-state index >= 15 is 0 Å². The molecule has 6 nitrogen and oxygen atoms in total. The number of benzene rings is 1. The molecule has 1 rings (SSSR count). The fourth-order valence-electron chi connectivity index (χ4n) is 1.39. The molecule has 7 heteroatoms. The quantitative estimate of drug-likeness (QED) is 0.665. The van der Waals surface area contributed by atoms with Crippen LogP contribution in [0, 0.1) is 16.0 Å². The average Bonchev–Trinajstić information content (AvgIpc) is 2.26. The highest BCUT2D eigenvalue weighted by atomic mass is 79.9. The molecule has 0 fully saturated rings. The Hall–Kier alpha value is -1.63. The zero-order valence-corrected chi connectivity index (χ0v) is 11.5. The van der Waals surface area contributed by atoms with Crippen LogP contribution in [0.15, 0.2) is 22.7 Å². The van der Waals surface area contributed by atoms with Gasteiger partial charge in [-0.3, -0.25) is 14.9 Å². The van der Waals surface area contributed by atoms with Crippen LogP contribution in [0.4, 0.5) is 5.69 Å². The second-order valence-electron chi connectivity index (χ2n) is 4.03. The van der Waals surface area contributed by atoms with Crippen LogP contribution < -0.4 is 10.5 Å². The molecule has 0 radical (unpaired) electrons. The normalized spacial score (nSPS) is 12.2. The molecule has 0 heterocycles. The summed E-state index contributed by atoms with van der Waals surface area (Å²) in [5, 5.41) is 10.8. The lowest BCUT2D eigenvalue weighted by molar-refractivity contribution is -0.385. The molecule has 1 unspecified atom stereocenters. The number of nitrogens with zero attached hydrogens (tertiary/aromatic N) is 1. The summed E-state index contributed by atoms with van der Waals surface area (Å²) in [7, 11) is 0. The SMILES string of the molecule is CC(C)C(Oc1cccc([N+](=O)[O-])c1Br)C(N)=O. The highest BCUT2D eigenvalue weighted by Crippen LogP contribution is 2.34. The van der Waals surface area contributed by atoms with E-state index in [1.165, 1.54) is 18.2 Å². The van der Waals surface area contributed by atoms with E-state index in [4.69, 9.17) is 10.5 Å². The Morgan fingerprint density at radius 2 is 2.11 bits per heavy atom. The predicted octanol–water partition coefficient (Wildman–Crippen LogP) is 2.25. The number of nitrogens with two attached hydrogens (primary N) is 1. The van der Waals surface area contributed by atoms with Crippen LogP contribution >= 0.6 is 15.9 Å². The number of primary amides is 1. The summed E-state index contributed by atoms with van der Waals surface area (Å²) in [5.41, 5.74) is 5.09. The molecule has 0 aliphatic rings. The molecular formula is C11H13BrN2O4. The fourth-order valence-corrected chi connectivity index (χ4v) is 1.89. The third-order valence-corrected chi connectivity index (χ3v) is 3.08. The van der Waals surface area contributed by atoms with E-state index in [0.29, 0.717) is 0 Å². The van der Waals surface area contributed by atoms with Gasteiger partial charge < -0.3 is 10.5 Å². The van der Waals surface area contributed by atoms with E-state index in [-0.39, 0.29) is 21.8 Å². The molecule has 1 aromatic carbocycles. The van der Waals surface area contributed by atoms with Gasteiger partial charge in [0.1, 0.15) is 10.2 Å². The van der Waals surface area contributed by atoms with Crippen LogP contribution in [-0.2, 0) is 4.79 Å². The Labute approximate surface area is 112 Å². The third kappa shape index (κ3) is 3.19. The molecule has 98 valence electrons. The first-order valence-corrected chi connectivity index (χ1v) is 6.02. The fraction of sp³-hybridized carbons (Fsp3) is 0.364. The minimum absolute atomic E-state index is 0.125. The van der Waals surface area contributed by atoms with Gasteiger partial charge in [-0.25, -0.2) is 0 Å². The molecule has 1 aromatic rings. The highest BCUT2D eigenvalue weighted by Gasteiger charge is 2.24. The summed E-state index contributed by atoms with van der Waals surface area (Å²) in [4.78, 5) is 21.4. The molecule has 0 aliphatic carbocycles. The number of hydrogen-bond donors (Lipinski definition) is 1. The van der Waals surface area contributed by atoms with Gasteiger partial charge in [-0.05, 0) is 27.9 Å². The van der Waals surface area contributed by atoms with Crippen molar-refractivity contribution in [3.05, 3.63) is 32.8 Å². The largest absolute Gasteiger partial charge is 0.479 e. The summed E-state index contributed by atoms with van der Waals surface area (Å²) >= 11 is 3.09. The molecule has 0 spiro atoms. The van der Waals surface area contributed by atoms with Gasteiger partial charge in [0.25, 0.3) is 11.6 Å². The maximum absolute atomic E-state index is 11.2. The lowest BCUT2D eigenvalue weighted by Crippen LogP contribution is -2.38. The van der Waals surface area contributed by atoms with Crippen molar-refractivity contribution in [1.29, 1.82) is 0 Å². The van der Waals surface area contributed by atoms with E-state index in [0.717, 1.165) is 0 Å². The zero-order chi connectivity index (χ0) is 13.9. The lowest BCUT2D eigenvalue weighted by atomic mass is 10.1. The Morgan fingerprint density at radius 1 is 1.50 bits per heavy atom. The molecule has 0 aromatic heterocycles. The Morgan fingerprint density at radius 3 is 2.56 bits per heavy atom. The second kappa shape index (κ2) is 5.81. The van der Waals surface area contributed by atoms with Crippen molar-refractivity contribution in [1.82, 2.24) is 0 Å². The Balaban J connectivity index is 3.07. The number of amides is 1. The minimum Gasteiger partial charge on any atom is -0.479 e. The van der Waals surface area contributed by atoms with Crippen molar-refractivity contribution >= 4 is 27.5 Å². The van der Waals surface area contributed by atoms with Gasteiger partial charge in [-0.2, -0.15) is 0 Å². The molecule has 18 heavy (non-hydrogen) atoms. The van der Waals surface area contributed by atoms with E-state index in [1.807, 2.05) is 0 Å². The van der Waals surface area contributed by atoms with Crippen LogP contribution in [0.2, 0.25) is 0 Å². The van der Waals surface area contributed by atoms with Crippen molar-refractivity contribution in [2.45, 2.75) is 20.0 Å². The maximum Gasteiger partial charge on any atom is 0.287 e. The first-order chi connectivity index (χ1) is 8.34. The van der Waals surface area contributed by atoms with E-state index < -0.39 is 16.9 Å². The van der Waals surface area contributed by atoms with Gasteiger partial charge >= 0.3 is 0 Å². The molecule has 0 saturated carbocycles. The van der Waals surface area contributed by atoms with E-state index in [1.54, 1.807) is 13.8 Å². The molecule has 1 atom stereocenters. The molecule has 0 bridgehead atoms. The van der Waals surface area contributed by atoms with Crippen molar-refractivity contribution in [3.8, 4) is 5.75 Å². The van der Waals surface area contributed by atoms with Crippen LogP contribution in [0.1, 0.15) is 13.8 Å². The summed E-state index contributed by atoms with van der Waals surface area (Å²) in [6.45, 7) is 3.56. The minimum atomic E-state index is -0.830. The summed E-state index contributed by atoms with van der Waals surface area (Å²) in [6.07, 6.45) is -0.830. The van der Waals surface area contributed by atoms with E-state index in [9.17, 15) is 14.9 Å². The molecule has 2 N–H and O–H groups in total. The van der Waals surface area contributed by atoms with Gasteiger partial charge in [0.15, 0.2) is 6.10 Å². The van der Waals surface area contributed by atoms with Crippen LogP contribution in [0.25, 0.3) is 0 Å². The standard InChI is InChI=1S/C11H13BrN2O4/c1-6(2)10(11(13)15)18-8-5-3-4-7(9(8)12)14(16)17/h3-6,10H,1-2H3,(H2,13,15). The highest BCUT2D eigenvalue weighted by molar-refractivity contribution is 9.10. The van der Waals surface area contributed by atoms with Crippen molar-refractivity contribution < 1.29 is 14.5 Å². The lowest BCUT2D eigenvalue weighted by Gasteiger charge is -2.19. The average molecular weight is 317 g/mol. The van der Waals surface area contributed by atoms with E-state index in [2.05, 4.69) is 15.9 Å². The van der Waals surface area contributed by atoms with Gasteiger partial charge in [0, 0.05) is 6.07 Å². The van der Waals surface area contributed by atoms with Gasteiger partial charge in [-0.15, -0.1) is 0 Å². The number of rotatable bonds is 5. The first-order valence-electron chi connectivity index (χ1n) is 5.23. The third-order valence-electron chi connectivity index (χ3n) is 2.28. The predicted molar refractivity (Wildman–Crippen MR) is 69.2 cm³/mol. The number of nitro groups is 1. The van der Waals surface area contributed by atoms with Gasteiger partial charge in [-0.1, -0.05) is 19.9 Å². The number of nitro benzene ring substituents is 1. The monoisotopic (exact) mass is 316 g/mol. The van der Waals surface area contributed by atoms with Crippen molar-refractivity contribution in [2.75, 3.05) is 0 Å². The van der Waals surface area contributed by atoms with Crippen molar-refractivity contribution in [2.24, 2.45) is 11.7 Å². The van der Waals surface area contributed by atoms with Crippen LogP contribution in [-0.4, -0.2) is 16.9 Å². The summed E-state index contributed by atoms with van der Waals surface area (Å²) < 4.78 is 5.63. The zero-order valence-electron chi connectivity index (χ0n) is 9.92. The number of ether oxygens (including phenoxy) is 1. The second-order valence-corrected chi connectivity index (χ2v) is 4.82. The number of carbonyl (C=O) groups excluding carboxylic acids is 1. The van der Waals surface area contributed by atoms with Crippen LogP contribution in [0.5, 0.6) is 5.75 Å². The molecule has 0 saturated heterocycles. The van der Waals surface area contributed by atoms with Crippen LogP contribution in [0.3, 0.4) is 0 Å². The number of hydrogen-bond acceptors (Lipinski definition) is 4. The summed E-state index contributed by atoms with van der Waals surface area (Å²) in [5.74, 6) is -0.515. The van der Waals surface area contributed by atoms with Gasteiger partial charge in [0.2, 0.25) is 0 Å². The van der Waals surface area contributed by atoms with Gasteiger partial charge in [0.05, 0.1) is 4.92 Å².